The number of nitrogens with zero attached hydrogens (tertiary/aromatic N) is 8. The number of carbonyl (C=O) groups excluding carboxylic acids is 1. The molecule has 358 valence electrons. The Morgan fingerprint density at radius 2 is 1.20 bits per heavy atom. The first kappa shape index (κ1) is 54.9. The molecule has 69 heavy (non-hydrogen) atoms. The smallest absolute Gasteiger partial charge is 0.338 e. The zero-order valence-electron chi connectivity index (χ0n) is 38.6. The van der Waals surface area contributed by atoms with Gasteiger partial charge in [0, 0.05) is 76.2 Å². The number of carboxylic acid groups (broad SMARTS) is 1. The Morgan fingerprint density at radius 3 is 1.58 bits per heavy atom. The normalized spacial score (nSPS) is 13.7. The molecular weight excluding hydrogens is 1310 g/mol. The maximum atomic E-state index is 12.6. The number of hydrogen-bond donors (Lipinski definition) is 3. The molecule has 0 atom stereocenters. The van der Waals surface area contributed by atoms with Gasteiger partial charge in [-0.2, -0.15) is 10.5 Å². The second-order valence-electron chi connectivity index (χ2n) is 15.4. The van der Waals surface area contributed by atoms with Gasteiger partial charge in [-0.25, -0.2) is 50.8 Å². The molecule has 4 heterocycles. The molecule has 6 aromatic rings. The van der Waals surface area contributed by atoms with Crippen molar-refractivity contribution in [2.75, 3.05) is 18.1 Å². The van der Waals surface area contributed by atoms with Crippen molar-refractivity contribution in [3.8, 4) is 35.5 Å². The van der Waals surface area contributed by atoms with Gasteiger partial charge in [0.2, 0.25) is 21.8 Å². The summed E-state index contributed by atoms with van der Waals surface area (Å²) in [6.45, 7) is 5.56. The van der Waals surface area contributed by atoms with Crippen LogP contribution in [0.15, 0.2) is 107 Å². The number of primary sulfonamides is 1. The van der Waals surface area contributed by atoms with E-state index in [0.29, 0.717) is 41.5 Å². The molecule has 0 bridgehead atoms. The fourth-order valence-electron chi connectivity index (χ4n) is 5.50. The van der Waals surface area contributed by atoms with Crippen molar-refractivity contribution in [1.82, 2.24) is 34.3 Å². The molecule has 26 heteroatoms. The Morgan fingerprint density at radius 1 is 0.797 bits per heavy atom. The molecule has 0 saturated heterocycles. The Balaban J connectivity index is 0.000000293. The minimum absolute atomic E-state index is 0. The molecule has 2 radical (unpaired) electrons. The molecule has 4 aromatic heterocycles. The van der Waals surface area contributed by atoms with E-state index < -0.39 is 31.9 Å². The maximum Gasteiger partial charge on any atom is 0.338 e. The summed E-state index contributed by atoms with van der Waals surface area (Å²) in [6.07, 6.45) is 7.97. The van der Waals surface area contributed by atoms with Crippen molar-refractivity contribution >= 4 is 86.1 Å². The summed E-state index contributed by atoms with van der Waals surface area (Å²) in [5.74, 6) is -0.345. The summed E-state index contributed by atoms with van der Waals surface area (Å²) < 4.78 is 74.4. The van der Waals surface area contributed by atoms with Gasteiger partial charge in [-0.05, 0) is 80.5 Å². The second kappa shape index (κ2) is 25.2. The van der Waals surface area contributed by atoms with Crippen molar-refractivity contribution in [3.05, 3.63) is 130 Å². The number of benzene rings is 2. The number of carboxylic acids is 1. The third-order valence-corrected chi connectivity index (χ3v) is 12.9. The molecule has 2 aromatic carbocycles. The van der Waals surface area contributed by atoms with E-state index in [0.717, 1.165) is 12.8 Å². The predicted molar refractivity (Wildman–Crippen MR) is 261 cm³/mol. The average molecular weight is 1360 g/mol. The number of aromatic carboxylic acids is 1. The van der Waals surface area contributed by atoms with Gasteiger partial charge >= 0.3 is 5.97 Å². The second-order valence-corrected chi connectivity index (χ2v) is 19.3. The van der Waals surface area contributed by atoms with Gasteiger partial charge in [0.25, 0.3) is 15.9 Å². The Hall–Kier alpha value is -5.03. The van der Waals surface area contributed by atoms with Crippen LogP contribution < -0.4 is 19.3 Å². The summed E-state index contributed by atoms with van der Waals surface area (Å²) in [5, 5.41) is 39.7. The number of hydrogen-bond acceptors (Lipinski definition) is 14. The topological polar surface area (TPSA) is 288 Å². The summed E-state index contributed by atoms with van der Waals surface area (Å²) in [6, 6.07) is 24.1. The maximum absolute atomic E-state index is 12.6. The van der Waals surface area contributed by atoms with Gasteiger partial charge in [0.05, 0.1) is 40.4 Å². The number of alkyl halides is 1. The molecular formula is C43H42BCl2IN10O9S2U. The van der Waals surface area contributed by atoms with Crippen LogP contribution in [0.1, 0.15) is 72.7 Å². The molecule has 2 aliphatic carbocycles. The first-order valence-electron chi connectivity index (χ1n) is 20.8. The number of nitriles is 2. The molecule has 19 nitrogen and oxygen atoms in total. The molecule has 0 spiro atoms. The largest absolute Gasteiger partial charge is 0.478 e. The minimum atomic E-state index is -4.28. The van der Waals surface area contributed by atoms with Crippen molar-refractivity contribution in [2.45, 2.75) is 49.3 Å². The van der Waals surface area contributed by atoms with E-state index in [-0.39, 0.29) is 84.3 Å². The van der Waals surface area contributed by atoms with Crippen LogP contribution in [0.3, 0.4) is 0 Å². The average Bonchev–Trinajstić information content (AvgIpc) is 4.10. The molecule has 0 unspecified atom stereocenters. The van der Waals surface area contributed by atoms with Crippen LogP contribution >= 0.6 is 45.8 Å². The van der Waals surface area contributed by atoms with Gasteiger partial charge in [-0.3, -0.25) is 4.79 Å². The molecule has 2 fully saturated rings. The van der Waals surface area contributed by atoms with Crippen LogP contribution in [0.25, 0.3) is 11.6 Å². The summed E-state index contributed by atoms with van der Waals surface area (Å²) in [4.78, 5) is 31.6. The van der Waals surface area contributed by atoms with Crippen LogP contribution in [0.5, 0.6) is 11.8 Å². The first-order valence-corrected chi connectivity index (χ1v) is 24.8. The molecule has 4 N–H and O–H groups in total. The Bertz CT molecular complexity index is 3140. The van der Waals surface area contributed by atoms with Crippen LogP contribution in [0.2, 0.25) is 10.3 Å². The Kier molecular flexibility index (Phi) is 20.0. The van der Waals surface area contributed by atoms with Gasteiger partial charge < -0.3 is 14.6 Å². The van der Waals surface area contributed by atoms with E-state index in [1.54, 1.807) is 48.8 Å². The van der Waals surface area contributed by atoms with E-state index in [4.69, 9.17) is 56.2 Å². The molecule has 0 aliphatic heterocycles. The monoisotopic (exact) mass is 1350 g/mol. The van der Waals surface area contributed by atoms with Gasteiger partial charge in [0.15, 0.2) is 11.6 Å². The van der Waals surface area contributed by atoms with Crippen molar-refractivity contribution in [2.24, 2.45) is 16.0 Å². The van der Waals surface area contributed by atoms with Crippen LogP contribution in [-0.4, -0.2) is 91.2 Å². The number of amides is 1. The number of pyridine rings is 2. The SMILES string of the molecule is CC1(COc2ccn(-c3ccc(C(=O)NS(=O)(=O)c4ccccc4C#N)c(Cl)n3)n2)CC1.CC1(COc2ccn(-c3ccc(C(=O)O)c(Cl)n3)n2)CC1.N#Cc1ccccc1S(N)(=O)=O.[2H]CI.[2H][B].[U]. The van der Waals surface area contributed by atoms with Crippen molar-refractivity contribution in [3.63, 3.8) is 0 Å². The van der Waals surface area contributed by atoms with E-state index in [1.807, 2.05) is 27.3 Å². The van der Waals surface area contributed by atoms with Gasteiger partial charge in [-0.15, -0.1) is 10.2 Å². The zero-order valence-corrected chi connectivity index (χ0v) is 46.0. The fraction of sp³-hybridized carbons (Fsp3) is 0.256. The third kappa shape index (κ3) is 16.3. The number of halogens is 3. The van der Waals surface area contributed by atoms with E-state index in [1.165, 1.54) is 82.9 Å². The van der Waals surface area contributed by atoms with Crippen LogP contribution in [0.4, 0.5) is 0 Å². The summed E-state index contributed by atoms with van der Waals surface area (Å²) in [5.41, 5.74) is 0.312. The quantitative estimate of drug-likeness (QED) is 0.0482. The van der Waals surface area contributed by atoms with E-state index >= 15 is 0 Å². The third-order valence-electron chi connectivity index (χ3n) is 9.92. The minimum Gasteiger partial charge on any atom is -0.478 e. The number of nitrogens with one attached hydrogen (secondary N) is 1. The molecule has 2 aliphatic rings. The summed E-state index contributed by atoms with van der Waals surface area (Å²) >= 11 is 14.0. The number of rotatable bonds is 13. The summed E-state index contributed by atoms with van der Waals surface area (Å²) in [7, 11) is -4.30. The molecule has 1 amide bonds. The number of nitrogens with two attached hydrogens (primary N) is 1. The van der Waals surface area contributed by atoms with E-state index in [2.05, 4.69) is 42.4 Å². The van der Waals surface area contributed by atoms with Crippen molar-refractivity contribution < 1.29 is 73.5 Å². The standard InChI is InChI=1S/C21H18ClN5O4S.C14H14ClN3O3.C7H6N2O2S.CH3I.BH.U/c1-21(9-10-21)13-31-18-8-11-27(25-18)17-7-6-15(19(22)24-17)20(28)26-32(29,30)16-5-3-2-4-14(16)12-23;1-14(5-6-14)8-21-11-4-7-18(17-11)10-3-2-9(13(19)20)12(15)16-10;8-5-6-3-1-2-4-7(6)12(9,10)11;1-2;;/h2-8,11H,9-10,13H2,1H3,(H,26,28);2-4,7H,5-6,8H2,1H3,(H,19,20);1-4H,(H2,9,10,11);1H3;1H;/i;;;2*1D;. The number of sulfonamides is 2. The number of aromatic nitrogens is 6. The van der Waals surface area contributed by atoms with E-state index in [9.17, 15) is 26.4 Å². The van der Waals surface area contributed by atoms with Gasteiger partial charge in [0.1, 0.15) is 27.3 Å². The Labute approximate surface area is 450 Å². The first-order chi connectivity index (χ1) is 33.1. The zero-order chi connectivity index (χ0) is 51.9. The van der Waals surface area contributed by atoms with Crippen molar-refractivity contribution in [1.29, 1.82) is 11.9 Å². The fourth-order valence-corrected chi connectivity index (χ4v) is 7.78. The predicted octanol–water partition coefficient (Wildman–Crippen LogP) is 6.50. The molecule has 8 rings (SSSR count). The number of carbonyl (C=O) groups is 2. The van der Waals surface area contributed by atoms with Crippen LogP contribution in [-0.2, 0) is 20.0 Å². The van der Waals surface area contributed by atoms with Crippen LogP contribution in [0, 0.1) is 64.6 Å². The number of ether oxygens (including phenoxy) is 2. The molecule has 2 saturated carbocycles. The van der Waals surface area contributed by atoms with Gasteiger partial charge in [-0.1, -0.05) is 83.9 Å².